The number of aryl methyl sites for hydroxylation is 1. The van der Waals surface area contributed by atoms with Crippen LogP contribution in [0.25, 0.3) is 0 Å². The summed E-state index contributed by atoms with van der Waals surface area (Å²) >= 11 is 9.38. The largest absolute Gasteiger partial charge is 0.488 e. The SMILES string of the molecule is Clc1ccc2c(c1)CC(Cn1cc(CCBr)nn1)O2. The van der Waals surface area contributed by atoms with Crippen molar-refractivity contribution in [2.24, 2.45) is 0 Å². The second kappa shape index (κ2) is 5.51. The topological polar surface area (TPSA) is 39.9 Å². The summed E-state index contributed by atoms with van der Waals surface area (Å²) in [6.07, 6.45) is 3.83. The Morgan fingerprint density at radius 1 is 1.47 bits per heavy atom. The molecule has 1 aromatic carbocycles. The third-order valence-electron chi connectivity index (χ3n) is 3.09. The van der Waals surface area contributed by atoms with Crippen molar-refractivity contribution in [1.82, 2.24) is 15.0 Å². The number of rotatable bonds is 4. The van der Waals surface area contributed by atoms with Gasteiger partial charge in [-0.3, -0.25) is 0 Å². The van der Waals surface area contributed by atoms with E-state index in [2.05, 4.69) is 26.2 Å². The summed E-state index contributed by atoms with van der Waals surface area (Å²) in [6.45, 7) is 0.710. The number of hydrogen-bond donors (Lipinski definition) is 0. The van der Waals surface area contributed by atoms with Gasteiger partial charge in [0.2, 0.25) is 0 Å². The molecule has 19 heavy (non-hydrogen) atoms. The van der Waals surface area contributed by atoms with Gasteiger partial charge in [0.1, 0.15) is 11.9 Å². The summed E-state index contributed by atoms with van der Waals surface area (Å²) in [6, 6.07) is 5.75. The zero-order valence-corrected chi connectivity index (χ0v) is 12.6. The van der Waals surface area contributed by atoms with Gasteiger partial charge in [0.25, 0.3) is 0 Å². The van der Waals surface area contributed by atoms with Gasteiger partial charge < -0.3 is 4.74 Å². The molecule has 0 amide bonds. The lowest BCUT2D eigenvalue weighted by molar-refractivity contribution is 0.202. The normalized spacial score (nSPS) is 17.3. The van der Waals surface area contributed by atoms with Gasteiger partial charge in [-0.25, -0.2) is 4.68 Å². The zero-order chi connectivity index (χ0) is 13.2. The molecule has 0 saturated heterocycles. The van der Waals surface area contributed by atoms with Gasteiger partial charge in [-0.05, 0) is 23.8 Å². The van der Waals surface area contributed by atoms with Gasteiger partial charge in [-0.1, -0.05) is 32.7 Å². The van der Waals surface area contributed by atoms with Crippen LogP contribution in [0.5, 0.6) is 5.75 Å². The van der Waals surface area contributed by atoms with Gasteiger partial charge >= 0.3 is 0 Å². The van der Waals surface area contributed by atoms with E-state index in [4.69, 9.17) is 16.3 Å². The van der Waals surface area contributed by atoms with Crippen molar-refractivity contribution in [3.63, 3.8) is 0 Å². The number of halogens is 2. The smallest absolute Gasteiger partial charge is 0.123 e. The number of aromatic nitrogens is 3. The Kier molecular flexibility index (Phi) is 3.75. The molecule has 3 rings (SSSR count). The number of benzene rings is 1. The maximum absolute atomic E-state index is 5.98. The van der Waals surface area contributed by atoms with Crippen LogP contribution < -0.4 is 4.74 Å². The van der Waals surface area contributed by atoms with Crippen molar-refractivity contribution >= 4 is 27.5 Å². The molecule has 1 aliphatic heterocycles. The predicted octanol–water partition coefficient (Wildman–Crippen LogP) is 2.87. The first-order valence-corrected chi connectivity index (χ1v) is 7.64. The van der Waals surface area contributed by atoms with Crippen LogP contribution in [0.2, 0.25) is 5.02 Å². The molecule has 1 atom stereocenters. The van der Waals surface area contributed by atoms with E-state index >= 15 is 0 Å². The van der Waals surface area contributed by atoms with Crippen LogP contribution >= 0.6 is 27.5 Å². The van der Waals surface area contributed by atoms with E-state index in [1.165, 1.54) is 5.56 Å². The maximum Gasteiger partial charge on any atom is 0.123 e. The summed E-state index contributed by atoms with van der Waals surface area (Å²) in [5.74, 6) is 0.926. The lowest BCUT2D eigenvalue weighted by Gasteiger charge is -2.09. The predicted molar refractivity (Wildman–Crippen MR) is 77.1 cm³/mol. The fourth-order valence-corrected chi connectivity index (χ4v) is 2.84. The van der Waals surface area contributed by atoms with E-state index in [0.29, 0.717) is 6.54 Å². The Morgan fingerprint density at radius 2 is 2.37 bits per heavy atom. The zero-order valence-electron chi connectivity index (χ0n) is 10.2. The van der Waals surface area contributed by atoms with Crippen LogP contribution in [-0.4, -0.2) is 26.4 Å². The highest BCUT2D eigenvalue weighted by atomic mass is 79.9. The Bertz CT molecular complexity index is 587. The number of nitrogens with zero attached hydrogens (tertiary/aromatic N) is 3. The third kappa shape index (κ3) is 2.92. The second-order valence-electron chi connectivity index (χ2n) is 4.57. The van der Waals surface area contributed by atoms with Crippen LogP contribution in [0.1, 0.15) is 11.3 Å². The summed E-state index contributed by atoms with van der Waals surface area (Å²) in [4.78, 5) is 0. The molecule has 4 nitrogen and oxygen atoms in total. The van der Waals surface area contributed by atoms with Gasteiger partial charge in [0.15, 0.2) is 0 Å². The van der Waals surface area contributed by atoms with Crippen molar-refractivity contribution in [1.29, 1.82) is 0 Å². The minimum atomic E-state index is 0.104. The van der Waals surface area contributed by atoms with E-state index < -0.39 is 0 Å². The molecule has 0 bridgehead atoms. The highest BCUT2D eigenvalue weighted by Crippen LogP contribution is 2.31. The van der Waals surface area contributed by atoms with E-state index in [1.54, 1.807) is 0 Å². The van der Waals surface area contributed by atoms with Crippen molar-refractivity contribution < 1.29 is 4.74 Å². The minimum absolute atomic E-state index is 0.104. The number of hydrogen-bond acceptors (Lipinski definition) is 3. The van der Waals surface area contributed by atoms with E-state index in [0.717, 1.165) is 34.6 Å². The van der Waals surface area contributed by atoms with Gasteiger partial charge in [-0.15, -0.1) is 5.10 Å². The molecular formula is C13H13BrClN3O. The van der Waals surface area contributed by atoms with Crippen molar-refractivity contribution in [2.45, 2.75) is 25.5 Å². The standard InChI is InChI=1S/C13H13BrClN3O/c14-4-3-11-7-18(17-16-11)8-12-6-9-5-10(15)1-2-13(9)19-12/h1-2,5,7,12H,3-4,6,8H2. The van der Waals surface area contributed by atoms with Gasteiger partial charge in [0.05, 0.1) is 12.2 Å². The fraction of sp³-hybridized carbons (Fsp3) is 0.385. The molecule has 100 valence electrons. The number of alkyl halides is 1. The van der Waals surface area contributed by atoms with Crippen LogP contribution in [-0.2, 0) is 19.4 Å². The molecule has 0 fully saturated rings. The fourth-order valence-electron chi connectivity index (χ4n) is 2.24. The average Bonchev–Trinajstić information content (AvgIpc) is 2.96. The number of fused-ring (bicyclic) bond motifs is 1. The molecule has 2 heterocycles. The first-order valence-electron chi connectivity index (χ1n) is 6.14. The minimum Gasteiger partial charge on any atom is -0.488 e. The van der Waals surface area contributed by atoms with Crippen molar-refractivity contribution in [3.8, 4) is 5.75 Å². The Hall–Kier alpha value is -1.07. The van der Waals surface area contributed by atoms with Gasteiger partial charge in [-0.2, -0.15) is 0 Å². The molecule has 2 aromatic rings. The Morgan fingerprint density at radius 3 is 3.21 bits per heavy atom. The number of ether oxygens (including phenoxy) is 1. The maximum atomic E-state index is 5.98. The highest BCUT2D eigenvalue weighted by molar-refractivity contribution is 9.09. The molecule has 1 unspecified atom stereocenters. The van der Waals surface area contributed by atoms with E-state index in [-0.39, 0.29) is 6.10 Å². The monoisotopic (exact) mass is 341 g/mol. The summed E-state index contributed by atoms with van der Waals surface area (Å²) in [7, 11) is 0. The summed E-state index contributed by atoms with van der Waals surface area (Å²) in [5.41, 5.74) is 2.16. The van der Waals surface area contributed by atoms with Crippen molar-refractivity contribution in [3.05, 3.63) is 40.7 Å². The van der Waals surface area contributed by atoms with E-state index in [1.807, 2.05) is 29.1 Å². The third-order valence-corrected chi connectivity index (χ3v) is 3.72. The molecule has 0 spiro atoms. The quantitative estimate of drug-likeness (QED) is 0.802. The van der Waals surface area contributed by atoms with Crippen LogP contribution in [0, 0.1) is 0 Å². The van der Waals surface area contributed by atoms with Crippen LogP contribution in [0.3, 0.4) is 0 Å². The molecule has 0 saturated carbocycles. The Labute approximate surface area is 124 Å². The van der Waals surface area contributed by atoms with Gasteiger partial charge in [0, 0.05) is 29.4 Å². The van der Waals surface area contributed by atoms with E-state index in [9.17, 15) is 0 Å². The lowest BCUT2D eigenvalue weighted by Crippen LogP contribution is -2.21. The molecule has 6 heteroatoms. The lowest BCUT2D eigenvalue weighted by atomic mass is 10.1. The molecule has 0 radical (unpaired) electrons. The molecule has 0 N–H and O–H groups in total. The first kappa shape index (κ1) is 12.9. The summed E-state index contributed by atoms with van der Waals surface area (Å²) in [5, 5.41) is 9.89. The van der Waals surface area contributed by atoms with Crippen LogP contribution in [0.15, 0.2) is 24.4 Å². The second-order valence-corrected chi connectivity index (χ2v) is 5.80. The molecular weight excluding hydrogens is 330 g/mol. The molecule has 1 aliphatic rings. The van der Waals surface area contributed by atoms with Crippen molar-refractivity contribution in [2.75, 3.05) is 5.33 Å². The molecule has 0 aliphatic carbocycles. The first-order chi connectivity index (χ1) is 9.24. The summed E-state index contributed by atoms with van der Waals surface area (Å²) < 4.78 is 7.72. The average molecular weight is 343 g/mol. The highest BCUT2D eigenvalue weighted by Gasteiger charge is 2.23. The van der Waals surface area contributed by atoms with Crippen LogP contribution in [0.4, 0.5) is 0 Å². The Balaban J connectivity index is 1.66. The molecule has 1 aromatic heterocycles.